The zero-order chi connectivity index (χ0) is 12.1. The third-order valence-electron chi connectivity index (χ3n) is 4.46. The van der Waals surface area contributed by atoms with Crippen LogP contribution in [0.15, 0.2) is 0 Å². The van der Waals surface area contributed by atoms with Gasteiger partial charge in [-0.2, -0.15) is 11.8 Å². The molecule has 100 valence electrons. The minimum absolute atomic E-state index is 0.220. The Morgan fingerprint density at radius 1 is 1.47 bits per heavy atom. The normalized spacial score (nSPS) is 29.6. The van der Waals surface area contributed by atoms with Crippen LogP contribution in [-0.2, 0) is 4.74 Å². The third-order valence-corrected chi connectivity index (χ3v) is 5.11. The molecule has 2 unspecified atom stereocenters. The molecule has 17 heavy (non-hydrogen) atoms. The summed E-state index contributed by atoms with van der Waals surface area (Å²) in [6.45, 7) is 0.933. The molecule has 0 aromatic rings. The summed E-state index contributed by atoms with van der Waals surface area (Å²) in [5.41, 5.74) is 3.26. The summed E-state index contributed by atoms with van der Waals surface area (Å²) in [7, 11) is 0. The highest BCUT2D eigenvalue weighted by molar-refractivity contribution is 7.98. The van der Waals surface area contributed by atoms with Crippen molar-refractivity contribution in [3.8, 4) is 0 Å². The second kappa shape index (κ2) is 6.41. The first kappa shape index (κ1) is 13.7. The van der Waals surface area contributed by atoms with E-state index in [0.717, 1.165) is 6.61 Å². The van der Waals surface area contributed by atoms with Crippen molar-refractivity contribution in [2.75, 3.05) is 18.6 Å². The van der Waals surface area contributed by atoms with Gasteiger partial charge in [-0.3, -0.25) is 11.3 Å². The molecule has 3 nitrogen and oxygen atoms in total. The summed E-state index contributed by atoms with van der Waals surface area (Å²) in [6, 6.07) is 0.476. The van der Waals surface area contributed by atoms with Crippen molar-refractivity contribution < 1.29 is 4.74 Å². The largest absolute Gasteiger partial charge is 0.375 e. The molecule has 1 spiro atoms. The van der Waals surface area contributed by atoms with Gasteiger partial charge < -0.3 is 4.74 Å². The van der Waals surface area contributed by atoms with E-state index >= 15 is 0 Å². The lowest BCUT2D eigenvalue weighted by atomic mass is 9.80. The SMILES string of the molecule is CSCCC(NN)C1CCOC2(CCCC2)C1. The number of hydrazine groups is 1. The molecule has 2 rings (SSSR count). The molecule has 1 saturated heterocycles. The Kier molecular flexibility index (Phi) is 5.15. The van der Waals surface area contributed by atoms with Crippen molar-refractivity contribution in [3.63, 3.8) is 0 Å². The van der Waals surface area contributed by atoms with Crippen molar-refractivity contribution in [2.24, 2.45) is 11.8 Å². The summed E-state index contributed by atoms with van der Waals surface area (Å²) in [5.74, 6) is 7.63. The highest BCUT2D eigenvalue weighted by Gasteiger charge is 2.41. The molecule has 2 fully saturated rings. The maximum absolute atomic E-state index is 6.08. The van der Waals surface area contributed by atoms with E-state index in [2.05, 4.69) is 11.7 Å². The lowest BCUT2D eigenvalue weighted by Gasteiger charge is -2.41. The average Bonchev–Trinajstić information content (AvgIpc) is 2.78. The first-order valence-electron chi connectivity index (χ1n) is 6.89. The van der Waals surface area contributed by atoms with Crippen molar-refractivity contribution in [1.82, 2.24) is 5.43 Å². The minimum Gasteiger partial charge on any atom is -0.375 e. The van der Waals surface area contributed by atoms with Crippen LogP contribution in [0.3, 0.4) is 0 Å². The molecule has 1 heterocycles. The van der Waals surface area contributed by atoms with Gasteiger partial charge in [0.05, 0.1) is 5.60 Å². The predicted molar refractivity (Wildman–Crippen MR) is 74.0 cm³/mol. The number of nitrogens with one attached hydrogen (secondary N) is 1. The number of thioether (sulfide) groups is 1. The highest BCUT2D eigenvalue weighted by atomic mass is 32.2. The molecule has 0 aromatic carbocycles. The van der Waals surface area contributed by atoms with Gasteiger partial charge in [0, 0.05) is 12.6 Å². The van der Waals surface area contributed by atoms with E-state index in [9.17, 15) is 0 Å². The van der Waals surface area contributed by atoms with Crippen molar-refractivity contribution in [3.05, 3.63) is 0 Å². The molecule has 0 amide bonds. The molecule has 0 aromatic heterocycles. The van der Waals surface area contributed by atoms with Crippen molar-refractivity contribution in [1.29, 1.82) is 0 Å². The van der Waals surface area contributed by atoms with Gasteiger partial charge in [0.15, 0.2) is 0 Å². The van der Waals surface area contributed by atoms with Gasteiger partial charge in [0.25, 0.3) is 0 Å². The quantitative estimate of drug-likeness (QED) is 0.587. The summed E-state index contributed by atoms with van der Waals surface area (Å²) in [5, 5.41) is 0. The Hall–Kier alpha value is 0.230. The number of ether oxygens (including phenoxy) is 1. The van der Waals surface area contributed by atoms with E-state index in [-0.39, 0.29) is 5.60 Å². The van der Waals surface area contributed by atoms with Crippen LogP contribution < -0.4 is 11.3 Å². The summed E-state index contributed by atoms with van der Waals surface area (Å²) in [4.78, 5) is 0. The van der Waals surface area contributed by atoms with E-state index in [4.69, 9.17) is 10.6 Å². The van der Waals surface area contributed by atoms with Gasteiger partial charge in [-0.15, -0.1) is 0 Å². The number of hydrogen-bond acceptors (Lipinski definition) is 4. The van der Waals surface area contributed by atoms with Crippen LogP contribution in [-0.4, -0.2) is 30.3 Å². The second-order valence-electron chi connectivity index (χ2n) is 5.55. The van der Waals surface area contributed by atoms with Gasteiger partial charge in [-0.25, -0.2) is 0 Å². The van der Waals surface area contributed by atoms with Crippen LogP contribution in [0.25, 0.3) is 0 Å². The fraction of sp³-hybridized carbons (Fsp3) is 1.00. The van der Waals surface area contributed by atoms with Crippen molar-refractivity contribution >= 4 is 11.8 Å². The maximum atomic E-state index is 6.08. The summed E-state index contributed by atoms with van der Waals surface area (Å²) < 4.78 is 6.08. The molecule has 1 aliphatic carbocycles. The number of rotatable bonds is 5. The molecule has 0 radical (unpaired) electrons. The fourth-order valence-corrected chi connectivity index (χ4v) is 3.97. The topological polar surface area (TPSA) is 47.3 Å². The molecule has 1 aliphatic heterocycles. The first-order valence-corrected chi connectivity index (χ1v) is 8.28. The maximum Gasteiger partial charge on any atom is 0.0685 e. The zero-order valence-corrected chi connectivity index (χ0v) is 11.7. The molecule has 4 heteroatoms. The lowest BCUT2D eigenvalue weighted by Crippen LogP contribution is -2.48. The van der Waals surface area contributed by atoms with Crippen LogP contribution in [0.5, 0.6) is 0 Å². The van der Waals surface area contributed by atoms with Crippen LogP contribution in [0, 0.1) is 5.92 Å². The lowest BCUT2D eigenvalue weighted by molar-refractivity contribution is -0.0980. The minimum atomic E-state index is 0.220. The Balaban J connectivity index is 1.90. The fourth-order valence-electron chi connectivity index (χ4n) is 3.48. The highest BCUT2D eigenvalue weighted by Crippen LogP contribution is 2.43. The smallest absolute Gasteiger partial charge is 0.0685 e. The predicted octanol–water partition coefficient (Wildman–Crippen LogP) is 2.31. The van der Waals surface area contributed by atoms with E-state index in [0.29, 0.717) is 12.0 Å². The van der Waals surface area contributed by atoms with E-state index in [1.165, 1.54) is 50.7 Å². The standard InChI is InChI=1S/C13H26N2OS/c1-17-9-5-12(15-14)11-4-8-16-13(10-11)6-2-3-7-13/h11-12,15H,2-10,14H2,1H3. The molecular formula is C13H26N2OS. The molecule has 3 N–H and O–H groups in total. The Morgan fingerprint density at radius 2 is 2.24 bits per heavy atom. The Labute approximate surface area is 109 Å². The van der Waals surface area contributed by atoms with Crippen molar-refractivity contribution in [2.45, 2.75) is 56.6 Å². The first-order chi connectivity index (χ1) is 8.29. The van der Waals surface area contributed by atoms with E-state index in [1.54, 1.807) is 0 Å². The van der Waals surface area contributed by atoms with Gasteiger partial charge in [-0.1, -0.05) is 12.8 Å². The van der Waals surface area contributed by atoms with Crippen LogP contribution in [0.4, 0.5) is 0 Å². The Bertz CT molecular complexity index is 231. The van der Waals surface area contributed by atoms with E-state index in [1.807, 2.05) is 11.8 Å². The average molecular weight is 258 g/mol. The summed E-state index contributed by atoms with van der Waals surface area (Å²) >= 11 is 1.91. The molecule has 2 aliphatic rings. The van der Waals surface area contributed by atoms with Crippen LogP contribution >= 0.6 is 11.8 Å². The van der Waals surface area contributed by atoms with Gasteiger partial charge in [0.1, 0.15) is 0 Å². The number of nitrogens with two attached hydrogens (primary N) is 1. The number of hydrogen-bond donors (Lipinski definition) is 2. The molecule has 1 saturated carbocycles. The Morgan fingerprint density at radius 3 is 2.88 bits per heavy atom. The summed E-state index contributed by atoms with van der Waals surface area (Å²) in [6.07, 6.45) is 11.0. The molecule has 2 atom stereocenters. The molecule has 0 bridgehead atoms. The zero-order valence-electron chi connectivity index (χ0n) is 10.9. The van der Waals surface area contributed by atoms with Crippen LogP contribution in [0.1, 0.15) is 44.9 Å². The van der Waals surface area contributed by atoms with Gasteiger partial charge in [-0.05, 0) is 50.0 Å². The van der Waals surface area contributed by atoms with E-state index < -0.39 is 0 Å². The third kappa shape index (κ3) is 3.37. The van der Waals surface area contributed by atoms with Gasteiger partial charge >= 0.3 is 0 Å². The molecular weight excluding hydrogens is 232 g/mol. The van der Waals surface area contributed by atoms with Gasteiger partial charge in [0.2, 0.25) is 0 Å². The van der Waals surface area contributed by atoms with Crippen LogP contribution in [0.2, 0.25) is 0 Å². The monoisotopic (exact) mass is 258 g/mol. The second-order valence-corrected chi connectivity index (χ2v) is 6.53.